The Balaban J connectivity index is 1.77. The van der Waals surface area contributed by atoms with E-state index in [1.807, 2.05) is 36.4 Å². The molecule has 0 aliphatic heterocycles. The van der Waals surface area contributed by atoms with Gasteiger partial charge in [0.05, 0.1) is 9.85 Å². The fraction of sp³-hybridized carbons (Fsp3) is 0.143. The molecule has 0 spiro atoms. The highest BCUT2D eigenvalue weighted by Gasteiger charge is 2.05. The Hall–Kier alpha value is -1.85. The SMILES string of the molecule is Nc1nc(NCCc2ccc(Cl)s2)c2ccccc2n1. The van der Waals surface area contributed by atoms with Crippen LogP contribution >= 0.6 is 22.9 Å². The lowest BCUT2D eigenvalue weighted by Gasteiger charge is -2.08. The third kappa shape index (κ3) is 2.84. The molecule has 0 atom stereocenters. The van der Waals surface area contributed by atoms with Crippen molar-refractivity contribution in [2.75, 3.05) is 17.6 Å². The monoisotopic (exact) mass is 304 g/mol. The molecule has 3 N–H and O–H groups in total. The van der Waals surface area contributed by atoms with E-state index in [1.54, 1.807) is 11.3 Å². The molecule has 2 aromatic heterocycles. The van der Waals surface area contributed by atoms with Gasteiger partial charge in [-0.25, -0.2) is 4.98 Å². The van der Waals surface area contributed by atoms with Gasteiger partial charge >= 0.3 is 0 Å². The number of para-hydroxylation sites is 1. The molecule has 1 aromatic carbocycles. The number of benzene rings is 1. The van der Waals surface area contributed by atoms with E-state index in [0.29, 0.717) is 0 Å². The normalized spacial score (nSPS) is 10.8. The smallest absolute Gasteiger partial charge is 0.222 e. The van der Waals surface area contributed by atoms with Crippen LogP contribution in [0.5, 0.6) is 0 Å². The van der Waals surface area contributed by atoms with Gasteiger partial charge in [0.2, 0.25) is 5.95 Å². The van der Waals surface area contributed by atoms with E-state index < -0.39 is 0 Å². The first-order chi connectivity index (χ1) is 9.72. The number of nitrogens with two attached hydrogens (primary N) is 1. The zero-order valence-electron chi connectivity index (χ0n) is 10.6. The molecule has 0 radical (unpaired) electrons. The Morgan fingerprint density at radius 3 is 2.80 bits per heavy atom. The summed E-state index contributed by atoms with van der Waals surface area (Å²) in [4.78, 5) is 9.73. The van der Waals surface area contributed by atoms with Crippen LogP contribution in [0.3, 0.4) is 0 Å². The molecular formula is C14H13ClN4S. The Bertz CT molecular complexity index is 741. The van der Waals surface area contributed by atoms with Gasteiger partial charge in [-0.3, -0.25) is 0 Å². The second-order valence-corrected chi connectivity index (χ2v) is 6.13. The number of halogens is 1. The minimum atomic E-state index is 0.283. The van der Waals surface area contributed by atoms with Crippen molar-refractivity contribution in [3.63, 3.8) is 0 Å². The van der Waals surface area contributed by atoms with Gasteiger partial charge in [-0.2, -0.15) is 4.98 Å². The van der Waals surface area contributed by atoms with Crippen molar-refractivity contribution >= 4 is 45.6 Å². The minimum Gasteiger partial charge on any atom is -0.369 e. The molecule has 0 saturated heterocycles. The number of nitrogens with one attached hydrogen (secondary N) is 1. The first-order valence-electron chi connectivity index (χ1n) is 6.23. The summed E-state index contributed by atoms with van der Waals surface area (Å²) < 4.78 is 0.816. The summed E-state index contributed by atoms with van der Waals surface area (Å²) in [6.45, 7) is 0.775. The maximum Gasteiger partial charge on any atom is 0.222 e. The van der Waals surface area contributed by atoms with E-state index in [-0.39, 0.29) is 5.95 Å². The van der Waals surface area contributed by atoms with Gasteiger partial charge in [0.15, 0.2) is 0 Å². The zero-order valence-corrected chi connectivity index (χ0v) is 12.2. The van der Waals surface area contributed by atoms with Gasteiger partial charge in [0.25, 0.3) is 0 Å². The van der Waals surface area contributed by atoms with Crippen LogP contribution in [0.25, 0.3) is 10.9 Å². The summed E-state index contributed by atoms with van der Waals surface area (Å²) in [5.41, 5.74) is 6.58. The summed E-state index contributed by atoms with van der Waals surface area (Å²) in [6, 6.07) is 11.8. The summed E-state index contributed by atoms with van der Waals surface area (Å²) >= 11 is 7.51. The minimum absolute atomic E-state index is 0.283. The highest BCUT2D eigenvalue weighted by molar-refractivity contribution is 7.16. The number of anilines is 2. The van der Waals surface area contributed by atoms with Gasteiger partial charge < -0.3 is 11.1 Å². The fourth-order valence-corrected chi connectivity index (χ4v) is 3.11. The van der Waals surface area contributed by atoms with E-state index in [4.69, 9.17) is 17.3 Å². The van der Waals surface area contributed by atoms with Crippen LogP contribution in [0.15, 0.2) is 36.4 Å². The predicted molar refractivity (Wildman–Crippen MR) is 85.5 cm³/mol. The molecule has 0 bridgehead atoms. The Morgan fingerprint density at radius 2 is 2.00 bits per heavy atom. The van der Waals surface area contributed by atoms with E-state index in [2.05, 4.69) is 15.3 Å². The molecule has 20 heavy (non-hydrogen) atoms. The Morgan fingerprint density at radius 1 is 1.15 bits per heavy atom. The predicted octanol–water partition coefficient (Wildman–Crippen LogP) is 3.58. The van der Waals surface area contributed by atoms with Crippen molar-refractivity contribution in [2.24, 2.45) is 0 Å². The number of thiophene rings is 1. The van der Waals surface area contributed by atoms with Gasteiger partial charge in [-0.15, -0.1) is 11.3 Å². The van der Waals surface area contributed by atoms with Crippen LogP contribution < -0.4 is 11.1 Å². The standard InChI is InChI=1S/C14H13ClN4S/c15-12-6-5-9(20-12)7-8-17-13-10-3-1-2-4-11(10)18-14(16)19-13/h1-6H,7-8H2,(H3,16,17,18,19). The number of fused-ring (bicyclic) bond motifs is 1. The van der Waals surface area contributed by atoms with Gasteiger partial charge in [0, 0.05) is 16.8 Å². The van der Waals surface area contributed by atoms with Gasteiger partial charge in [-0.05, 0) is 30.7 Å². The number of aromatic nitrogens is 2. The van der Waals surface area contributed by atoms with Crippen molar-refractivity contribution in [1.29, 1.82) is 0 Å². The molecule has 4 nitrogen and oxygen atoms in total. The lowest BCUT2D eigenvalue weighted by Crippen LogP contribution is -2.08. The zero-order chi connectivity index (χ0) is 13.9. The third-order valence-electron chi connectivity index (χ3n) is 2.91. The first-order valence-corrected chi connectivity index (χ1v) is 7.42. The molecular weight excluding hydrogens is 292 g/mol. The highest BCUT2D eigenvalue weighted by atomic mass is 35.5. The molecule has 102 valence electrons. The Labute approximate surface area is 125 Å². The first kappa shape index (κ1) is 13.1. The van der Waals surface area contributed by atoms with Crippen LogP contribution in [0.4, 0.5) is 11.8 Å². The molecule has 0 amide bonds. The molecule has 3 aromatic rings. The van der Waals surface area contributed by atoms with Gasteiger partial charge in [0.1, 0.15) is 5.82 Å². The number of hydrogen-bond donors (Lipinski definition) is 2. The average molecular weight is 305 g/mol. The summed E-state index contributed by atoms with van der Waals surface area (Å²) in [5.74, 6) is 1.06. The van der Waals surface area contributed by atoms with E-state index in [1.165, 1.54) is 4.88 Å². The fourth-order valence-electron chi connectivity index (χ4n) is 2.02. The van der Waals surface area contributed by atoms with Crippen molar-refractivity contribution in [2.45, 2.75) is 6.42 Å². The number of nitrogen functional groups attached to an aromatic ring is 1. The quantitative estimate of drug-likeness (QED) is 0.773. The largest absolute Gasteiger partial charge is 0.369 e. The van der Waals surface area contributed by atoms with Crippen LogP contribution in [-0.2, 0) is 6.42 Å². The summed E-state index contributed by atoms with van der Waals surface area (Å²) in [5, 5.41) is 4.30. The maximum absolute atomic E-state index is 5.92. The number of hydrogen-bond acceptors (Lipinski definition) is 5. The van der Waals surface area contributed by atoms with Crippen LogP contribution in [0.1, 0.15) is 4.88 Å². The summed E-state index contributed by atoms with van der Waals surface area (Å²) in [6.07, 6.45) is 0.898. The molecule has 6 heteroatoms. The van der Waals surface area contributed by atoms with Crippen LogP contribution in [0, 0.1) is 0 Å². The number of rotatable bonds is 4. The average Bonchev–Trinajstić information content (AvgIpc) is 2.84. The topological polar surface area (TPSA) is 63.8 Å². The third-order valence-corrected chi connectivity index (χ3v) is 4.20. The molecule has 2 heterocycles. The maximum atomic E-state index is 5.92. The van der Waals surface area contributed by atoms with Crippen LogP contribution in [-0.4, -0.2) is 16.5 Å². The van der Waals surface area contributed by atoms with Crippen molar-refractivity contribution in [3.8, 4) is 0 Å². The van der Waals surface area contributed by atoms with E-state index in [0.717, 1.165) is 34.0 Å². The summed E-state index contributed by atoms with van der Waals surface area (Å²) in [7, 11) is 0. The molecule has 0 aliphatic rings. The van der Waals surface area contributed by atoms with E-state index in [9.17, 15) is 0 Å². The van der Waals surface area contributed by atoms with Crippen molar-refractivity contribution < 1.29 is 0 Å². The van der Waals surface area contributed by atoms with Crippen LogP contribution in [0.2, 0.25) is 4.34 Å². The van der Waals surface area contributed by atoms with E-state index >= 15 is 0 Å². The number of nitrogens with zero attached hydrogens (tertiary/aromatic N) is 2. The molecule has 3 rings (SSSR count). The molecule has 0 fully saturated rings. The molecule has 0 saturated carbocycles. The van der Waals surface area contributed by atoms with Crippen molar-refractivity contribution in [1.82, 2.24) is 9.97 Å². The molecule has 0 aliphatic carbocycles. The lowest BCUT2D eigenvalue weighted by atomic mass is 10.2. The second-order valence-electron chi connectivity index (χ2n) is 4.33. The van der Waals surface area contributed by atoms with Gasteiger partial charge in [-0.1, -0.05) is 23.7 Å². The second kappa shape index (κ2) is 5.64. The highest BCUT2D eigenvalue weighted by Crippen LogP contribution is 2.23. The molecule has 0 unspecified atom stereocenters. The van der Waals surface area contributed by atoms with Crippen molar-refractivity contribution in [3.05, 3.63) is 45.6 Å². The Kier molecular flexibility index (Phi) is 3.71. The lowest BCUT2D eigenvalue weighted by molar-refractivity contribution is 1.03.